The molecule has 0 bridgehead atoms. The first kappa shape index (κ1) is 20.2. The van der Waals surface area contributed by atoms with E-state index < -0.39 is 23.8 Å². The Balaban J connectivity index is 1.76. The number of amides is 4. The maximum Gasteiger partial charge on any atom is 0.334 e. The maximum absolute atomic E-state index is 12.9. The van der Waals surface area contributed by atoms with Crippen LogP contribution in [0.5, 0.6) is 0 Å². The van der Waals surface area contributed by atoms with E-state index in [1.54, 1.807) is 0 Å². The van der Waals surface area contributed by atoms with Gasteiger partial charge in [0.25, 0.3) is 11.8 Å². The zero-order valence-electron chi connectivity index (χ0n) is 16.1. The second-order valence-corrected chi connectivity index (χ2v) is 8.27. The van der Waals surface area contributed by atoms with E-state index in [0.29, 0.717) is 32.1 Å². The van der Waals surface area contributed by atoms with Crippen LogP contribution >= 0.6 is 0 Å². The van der Waals surface area contributed by atoms with Crippen LogP contribution in [0.25, 0.3) is 0 Å². The third-order valence-corrected chi connectivity index (χ3v) is 6.44. The van der Waals surface area contributed by atoms with Crippen molar-refractivity contribution in [1.29, 1.82) is 0 Å². The Bertz CT molecular complexity index is 727. The van der Waals surface area contributed by atoms with Crippen LogP contribution in [0.4, 0.5) is 4.79 Å². The fraction of sp³-hybridized carbons (Fsp3) is 0.684. The Morgan fingerprint density at radius 3 is 2.25 bits per heavy atom. The van der Waals surface area contributed by atoms with Crippen molar-refractivity contribution in [3.63, 3.8) is 0 Å². The topological polar surface area (TPSA) is 147 Å². The Kier molecular flexibility index (Phi) is 5.36. The first-order chi connectivity index (χ1) is 13.2. The number of carbonyl (C=O) groups is 4. The largest absolute Gasteiger partial charge is 0.481 e. The highest BCUT2D eigenvalue weighted by molar-refractivity contribution is 6.29. The van der Waals surface area contributed by atoms with E-state index in [2.05, 4.69) is 0 Å². The lowest BCUT2D eigenvalue weighted by molar-refractivity contribution is -0.152. The van der Waals surface area contributed by atoms with E-state index in [1.807, 2.05) is 6.92 Å². The summed E-state index contributed by atoms with van der Waals surface area (Å²) in [6, 6.07) is -0.937. The molecule has 1 spiro atoms. The zero-order valence-corrected chi connectivity index (χ0v) is 16.1. The number of aliphatic carboxylic acids is 1. The number of unbranched alkanes of at least 4 members (excludes halogenated alkanes) is 1. The normalized spacial score (nSPS) is 30.6. The number of nitrogens with zero attached hydrogens (tertiary/aromatic N) is 2. The van der Waals surface area contributed by atoms with E-state index in [1.165, 1.54) is 0 Å². The van der Waals surface area contributed by atoms with Gasteiger partial charge >= 0.3 is 12.0 Å². The third-order valence-electron chi connectivity index (χ3n) is 6.44. The first-order valence-corrected chi connectivity index (χ1v) is 9.88. The van der Waals surface area contributed by atoms with Gasteiger partial charge in [-0.1, -0.05) is 13.3 Å². The molecule has 1 aliphatic heterocycles. The highest BCUT2D eigenvalue weighted by Gasteiger charge is 2.52. The van der Waals surface area contributed by atoms with Gasteiger partial charge in [0.1, 0.15) is 11.4 Å². The molecule has 1 saturated heterocycles. The molecule has 4 amide bonds. The summed E-state index contributed by atoms with van der Waals surface area (Å²) in [7, 11) is 0. The molecule has 154 valence electrons. The number of hydrogen-bond acceptors (Lipinski definition) is 6. The van der Waals surface area contributed by atoms with Crippen molar-refractivity contribution < 1.29 is 24.3 Å². The van der Waals surface area contributed by atoms with E-state index >= 15 is 0 Å². The van der Waals surface area contributed by atoms with Crippen molar-refractivity contribution in [2.24, 2.45) is 22.8 Å². The van der Waals surface area contributed by atoms with Gasteiger partial charge in [0.05, 0.1) is 5.92 Å². The van der Waals surface area contributed by atoms with Crippen molar-refractivity contribution in [2.75, 3.05) is 6.54 Å². The Morgan fingerprint density at radius 2 is 1.75 bits per heavy atom. The molecule has 9 heteroatoms. The summed E-state index contributed by atoms with van der Waals surface area (Å²) in [5, 5.41) is 9.11. The minimum atomic E-state index is -0.757. The highest BCUT2D eigenvalue weighted by atomic mass is 16.4. The van der Waals surface area contributed by atoms with Gasteiger partial charge in [-0.25, -0.2) is 4.79 Å². The van der Waals surface area contributed by atoms with E-state index in [9.17, 15) is 19.2 Å². The van der Waals surface area contributed by atoms with Gasteiger partial charge in [0.15, 0.2) is 0 Å². The second kappa shape index (κ2) is 7.44. The molecule has 9 nitrogen and oxygen atoms in total. The number of hydrogen-bond donors (Lipinski definition) is 3. The number of carbonyl (C=O) groups excluding carboxylic acids is 3. The SMILES string of the molecule is CCCCN1C(=O)C(=C(N)N)C(=O)N(C2CCC3(CC2)CC(C(=O)O)C3)C1=O. The van der Waals surface area contributed by atoms with Crippen molar-refractivity contribution >= 4 is 23.8 Å². The van der Waals surface area contributed by atoms with Crippen LogP contribution in [-0.2, 0) is 14.4 Å². The number of rotatable bonds is 5. The van der Waals surface area contributed by atoms with Gasteiger partial charge in [0.2, 0.25) is 0 Å². The summed E-state index contributed by atoms with van der Waals surface area (Å²) >= 11 is 0. The molecule has 2 saturated carbocycles. The molecule has 5 N–H and O–H groups in total. The van der Waals surface area contributed by atoms with Gasteiger partial charge in [-0.2, -0.15) is 0 Å². The monoisotopic (exact) mass is 392 g/mol. The maximum atomic E-state index is 12.9. The smallest absolute Gasteiger partial charge is 0.334 e. The van der Waals surface area contributed by atoms with Gasteiger partial charge in [-0.05, 0) is 50.4 Å². The van der Waals surface area contributed by atoms with Crippen LogP contribution < -0.4 is 11.5 Å². The van der Waals surface area contributed by atoms with Crippen LogP contribution in [0.3, 0.4) is 0 Å². The molecule has 3 rings (SSSR count). The van der Waals surface area contributed by atoms with Gasteiger partial charge < -0.3 is 16.6 Å². The number of urea groups is 1. The zero-order chi connectivity index (χ0) is 20.6. The van der Waals surface area contributed by atoms with Crippen LogP contribution in [-0.4, -0.2) is 51.3 Å². The third kappa shape index (κ3) is 3.33. The molecule has 3 aliphatic rings. The predicted molar refractivity (Wildman–Crippen MR) is 99.3 cm³/mol. The first-order valence-electron chi connectivity index (χ1n) is 9.88. The number of nitrogens with two attached hydrogens (primary N) is 2. The van der Waals surface area contributed by atoms with Gasteiger partial charge in [-0.15, -0.1) is 0 Å². The van der Waals surface area contributed by atoms with Crippen LogP contribution in [0.15, 0.2) is 11.4 Å². The Hall–Kier alpha value is -2.58. The summed E-state index contributed by atoms with van der Waals surface area (Å²) in [4.78, 5) is 51.7. The van der Waals surface area contributed by atoms with Crippen molar-refractivity contribution in [2.45, 2.75) is 64.3 Å². The molecule has 0 atom stereocenters. The summed E-state index contributed by atoms with van der Waals surface area (Å²) < 4.78 is 0. The van der Waals surface area contributed by atoms with E-state index in [4.69, 9.17) is 16.6 Å². The van der Waals surface area contributed by atoms with Gasteiger partial charge in [0, 0.05) is 12.6 Å². The quantitative estimate of drug-likeness (QED) is 0.469. The summed E-state index contributed by atoms with van der Waals surface area (Å²) in [6.45, 7) is 2.16. The lowest BCUT2D eigenvalue weighted by Gasteiger charge is -2.51. The number of carboxylic acids is 1. The minimum Gasteiger partial charge on any atom is -0.481 e. The molecular formula is C19H28N4O5. The minimum absolute atomic E-state index is 0.00468. The highest BCUT2D eigenvalue weighted by Crippen LogP contribution is 2.55. The molecule has 0 radical (unpaired) electrons. The average molecular weight is 392 g/mol. The van der Waals surface area contributed by atoms with Crippen LogP contribution in [0.2, 0.25) is 0 Å². The average Bonchev–Trinajstić information content (AvgIpc) is 2.59. The molecule has 3 fully saturated rings. The molecule has 0 aromatic rings. The lowest BCUT2D eigenvalue weighted by Crippen LogP contribution is -2.61. The lowest BCUT2D eigenvalue weighted by atomic mass is 9.55. The number of barbiturate groups is 1. The second-order valence-electron chi connectivity index (χ2n) is 8.27. The fourth-order valence-corrected chi connectivity index (χ4v) is 4.77. The van der Waals surface area contributed by atoms with Crippen LogP contribution in [0.1, 0.15) is 58.3 Å². The molecule has 1 heterocycles. The van der Waals surface area contributed by atoms with Crippen molar-refractivity contribution in [3.8, 4) is 0 Å². The molecule has 28 heavy (non-hydrogen) atoms. The molecule has 2 aliphatic carbocycles. The Labute approximate surface area is 163 Å². The summed E-state index contributed by atoms with van der Waals surface area (Å²) in [5.41, 5.74) is 10.9. The Morgan fingerprint density at radius 1 is 1.14 bits per heavy atom. The van der Waals surface area contributed by atoms with Gasteiger partial charge in [-0.3, -0.25) is 24.2 Å². The molecule has 0 unspecified atom stereocenters. The molecular weight excluding hydrogens is 364 g/mol. The van der Waals surface area contributed by atoms with E-state index in [-0.39, 0.29) is 35.3 Å². The van der Waals surface area contributed by atoms with Crippen molar-refractivity contribution in [3.05, 3.63) is 11.4 Å². The molecule has 0 aromatic carbocycles. The summed E-state index contributed by atoms with van der Waals surface area (Å²) in [5.74, 6) is -2.86. The van der Waals surface area contributed by atoms with Crippen LogP contribution in [0, 0.1) is 11.3 Å². The van der Waals surface area contributed by atoms with Crippen molar-refractivity contribution in [1.82, 2.24) is 9.80 Å². The number of imide groups is 2. The summed E-state index contributed by atoms with van der Waals surface area (Å²) in [6.07, 6.45) is 5.43. The molecule has 0 aromatic heterocycles. The van der Waals surface area contributed by atoms with E-state index in [0.717, 1.165) is 29.1 Å². The number of carboxylic acid groups (broad SMARTS) is 1. The standard InChI is InChI=1S/C19H28N4O5/c1-2-3-8-22-15(24)13(14(20)21)16(25)23(18(22)28)12-4-6-19(7-5-12)9-11(10-19)17(26)27/h11-12H,2-10,20-21H2,1H3,(H,26,27). The fourth-order valence-electron chi connectivity index (χ4n) is 4.77. The predicted octanol–water partition coefficient (Wildman–Crippen LogP) is 1.13.